The van der Waals surface area contributed by atoms with Gasteiger partial charge in [-0.3, -0.25) is 0 Å². The number of hydrogen-bond acceptors (Lipinski definition) is 2. The van der Waals surface area contributed by atoms with Crippen LogP contribution in [0.1, 0.15) is 48.3 Å². The van der Waals surface area contributed by atoms with Gasteiger partial charge in [-0.1, -0.05) is 18.2 Å². The maximum Gasteiger partial charge on any atom is 0.150 e. The molecule has 0 spiro atoms. The lowest BCUT2D eigenvalue weighted by molar-refractivity contribution is 0.460. The zero-order chi connectivity index (χ0) is 17.1. The summed E-state index contributed by atoms with van der Waals surface area (Å²) in [4.78, 5) is 0.843. The van der Waals surface area contributed by atoms with Crippen molar-refractivity contribution in [3.63, 3.8) is 0 Å². The predicted molar refractivity (Wildman–Crippen MR) is 104 cm³/mol. The van der Waals surface area contributed by atoms with Crippen LogP contribution in [0.3, 0.4) is 0 Å². The Morgan fingerprint density at radius 1 is 0.920 bits per heavy atom. The molecular weight excluding hydrogens is 328 g/mol. The summed E-state index contributed by atoms with van der Waals surface area (Å²) < 4.78 is 15.8. The van der Waals surface area contributed by atoms with E-state index in [0.717, 1.165) is 30.1 Å². The van der Waals surface area contributed by atoms with Crippen LogP contribution < -0.4 is 10.0 Å². The topological polar surface area (TPSA) is 41.1 Å². The fourth-order valence-electron chi connectivity index (χ4n) is 3.98. The highest BCUT2D eigenvalue weighted by Gasteiger charge is 2.16. The van der Waals surface area contributed by atoms with Gasteiger partial charge in [0, 0.05) is 5.69 Å². The molecule has 25 heavy (non-hydrogen) atoms. The zero-order valence-corrected chi connectivity index (χ0v) is 15.4. The Bertz CT molecular complexity index is 751. The molecule has 1 aliphatic heterocycles. The molecule has 4 heteroatoms. The molecule has 1 atom stereocenters. The van der Waals surface area contributed by atoms with E-state index in [-0.39, 0.29) is 0 Å². The molecule has 3 nitrogen and oxygen atoms in total. The van der Waals surface area contributed by atoms with Crippen LogP contribution in [0.5, 0.6) is 0 Å². The summed E-state index contributed by atoms with van der Waals surface area (Å²) in [5.74, 6) is 0.636. The summed E-state index contributed by atoms with van der Waals surface area (Å²) in [5, 5.41) is 3.40. The van der Waals surface area contributed by atoms with Gasteiger partial charge in [-0.25, -0.2) is 4.21 Å². The molecule has 0 aromatic heterocycles. The molecule has 0 radical (unpaired) electrons. The number of rotatable bonds is 4. The van der Waals surface area contributed by atoms with Gasteiger partial charge in [0.05, 0.1) is 4.90 Å². The van der Waals surface area contributed by atoms with Gasteiger partial charge >= 0.3 is 0 Å². The molecule has 2 N–H and O–H groups in total. The first-order valence-electron chi connectivity index (χ1n) is 9.40. The number of fused-ring (bicyclic) bond motifs is 1. The quantitative estimate of drug-likeness (QED) is 0.865. The van der Waals surface area contributed by atoms with Gasteiger partial charge in [-0.2, -0.15) is 0 Å². The van der Waals surface area contributed by atoms with Crippen LogP contribution in [0.15, 0.2) is 47.4 Å². The predicted octanol–water partition coefficient (Wildman–Crippen LogP) is 4.17. The molecule has 0 amide bonds. The first-order chi connectivity index (χ1) is 12.3. The van der Waals surface area contributed by atoms with Crippen molar-refractivity contribution in [1.82, 2.24) is 5.32 Å². The molecule has 1 aliphatic carbocycles. The molecular formula is C21H26N2OS. The van der Waals surface area contributed by atoms with Gasteiger partial charge < -0.3 is 10.0 Å². The molecule has 1 fully saturated rings. The molecule has 2 aromatic rings. The number of piperidine rings is 1. The van der Waals surface area contributed by atoms with E-state index in [4.69, 9.17) is 0 Å². The molecule has 2 aromatic carbocycles. The number of benzene rings is 2. The highest BCUT2D eigenvalue weighted by atomic mass is 32.2. The van der Waals surface area contributed by atoms with E-state index < -0.39 is 11.0 Å². The monoisotopic (exact) mass is 354 g/mol. The highest BCUT2D eigenvalue weighted by Crippen LogP contribution is 2.27. The van der Waals surface area contributed by atoms with Crippen LogP contribution in [0.2, 0.25) is 0 Å². The second-order valence-electron chi connectivity index (χ2n) is 7.15. The first kappa shape index (κ1) is 16.8. The Kier molecular flexibility index (Phi) is 5.18. The summed E-state index contributed by atoms with van der Waals surface area (Å²) in [7, 11) is -1.21. The van der Waals surface area contributed by atoms with Crippen molar-refractivity contribution in [2.75, 3.05) is 17.8 Å². The lowest BCUT2D eigenvalue weighted by Gasteiger charge is -2.23. The molecule has 1 saturated heterocycles. The fraction of sp³-hybridized carbons (Fsp3) is 0.429. The van der Waals surface area contributed by atoms with Crippen LogP contribution in [0.25, 0.3) is 0 Å². The average Bonchev–Trinajstić information content (AvgIpc) is 2.69. The third-order valence-corrected chi connectivity index (χ3v) is 6.59. The fourth-order valence-corrected chi connectivity index (χ4v) is 4.82. The Hall–Kier alpha value is -1.65. The molecule has 1 unspecified atom stereocenters. The Morgan fingerprint density at radius 2 is 1.64 bits per heavy atom. The Balaban J connectivity index is 1.44. The van der Waals surface area contributed by atoms with E-state index in [1.54, 1.807) is 0 Å². The van der Waals surface area contributed by atoms with Crippen LogP contribution in [-0.4, -0.2) is 17.3 Å². The number of aryl methyl sites for hydroxylation is 2. The van der Waals surface area contributed by atoms with Crippen molar-refractivity contribution < 1.29 is 4.21 Å². The van der Waals surface area contributed by atoms with Crippen molar-refractivity contribution in [2.24, 2.45) is 0 Å². The minimum Gasteiger partial charge on any atom is -0.317 e. The molecule has 4 rings (SSSR count). The molecule has 2 aliphatic rings. The minimum absolute atomic E-state index is 0.636. The first-order valence-corrected chi connectivity index (χ1v) is 10.6. The lowest BCUT2D eigenvalue weighted by atomic mass is 9.90. The summed E-state index contributed by atoms with van der Waals surface area (Å²) in [5.41, 5.74) is 5.20. The van der Waals surface area contributed by atoms with Gasteiger partial charge in [-0.05, 0) is 98.5 Å². The summed E-state index contributed by atoms with van der Waals surface area (Å²) in [6.45, 7) is 2.19. The van der Waals surface area contributed by atoms with Crippen molar-refractivity contribution in [2.45, 2.75) is 49.3 Å². The van der Waals surface area contributed by atoms with Gasteiger partial charge in [-0.15, -0.1) is 0 Å². The normalized spacial score (nSPS) is 19.2. The van der Waals surface area contributed by atoms with Crippen molar-refractivity contribution in [3.05, 3.63) is 59.2 Å². The number of hydrogen-bond donors (Lipinski definition) is 2. The van der Waals surface area contributed by atoms with E-state index in [2.05, 4.69) is 40.4 Å². The third kappa shape index (κ3) is 3.96. The maximum atomic E-state index is 12.7. The van der Waals surface area contributed by atoms with Crippen molar-refractivity contribution >= 4 is 16.7 Å². The van der Waals surface area contributed by atoms with Crippen molar-refractivity contribution in [3.8, 4) is 0 Å². The molecule has 132 valence electrons. The van der Waals surface area contributed by atoms with Crippen LogP contribution in [0.4, 0.5) is 5.69 Å². The van der Waals surface area contributed by atoms with E-state index in [0.29, 0.717) is 5.92 Å². The van der Waals surface area contributed by atoms with Gasteiger partial charge in [0.1, 0.15) is 11.0 Å². The van der Waals surface area contributed by atoms with Crippen LogP contribution in [-0.2, 0) is 23.8 Å². The summed E-state index contributed by atoms with van der Waals surface area (Å²) in [6, 6.07) is 14.8. The average molecular weight is 355 g/mol. The minimum atomic E-state index is -1.21. The third-order valence-electron chi connectivity index (χ3n) is 5.46. The molecule has 0 saturated carbocycles. The van der Waals surface area contributed by atoms with Gasteiger partial charge in [0.25, 0.3) is 0 Å². The van der Waals surface area contributed by atoms with E-state index in [1.807, 2.05) is 12.1 Å². The van der Waals surface area contributed by atoms with E-state index >= 15 is 0 Å². The summed E-state index contributed by atoms with van der Waals surface area (Å²) >= 11 is 0. The zero-order valence-electron chi connectivity index (χ0n) is 14.6. The molecule has 0 bridgehead atoms. The smallest absolute Gasteiger partial charge is 0.150 e. The standard InChI is InChI=1S/C21H26N2OS/c24-25(23-20-8-5-16-3-1-2-4-19(16)15-20)21-9-6-17(7-10-21)18-11-13-22-14-12-18/h5-10,15,18,22-23H,1-4,11-14H2. The Labute approximate surface area is 152 Å². The number of anilines is 1. The Morgan fingerprint density at radius 3 is 2.40 bits per heavy atom. The maximum absolute atomic E-state index is 12.7. The van der Waals surface area contributed by atoms with Crippen molar-refractivity contribution in [1.29, 1.82) is 0 Å². The van der Waals surface area contributed by atoms with Gasteiger partial charge in [0.15, 0.2) is 0 Å². The second kappa shape index (κ2) is 7.71. The summed E-state index contributed by atoms with van der Waals surface area (Å²) in [6.07, 6.45) is 7.25. The molecule has 1 heterocycles. The highest BCUT2D eigenvalue weighted by molar-refractivity contribution is 7.86. The second-order valence-corrected chi connectivity index (χ2v) is 8.37. The van der Waals surface area contributed by atoms with Crippen LogP contribution >= 0.6 is 0 Å². The van der Waals surface area contributed by atoms with E-state index in [1.165, 1.54) is 48.8 Å². The van der Waals surface area contributed by atoms with Crippen LogP contribution in [0, 0.1) is 0 Å². The van der Waals surface area contributed by atoms with Gasteiger partial charge in [0.2, 0.25) is 0 Å². The number of nitrogens with one attached hydrogen (secondary N) is 2. The SMILES string of the molecule is O=S(Nc1ccc2c(c1)CCCC2)c1ccc(C2CCNCC2)cc1. The van der Waals surface area contributed by atoms with E-state index in [9.17, 15) is 4.21 Å². The largest absolute Gasteiger partial charge is 0.317 e. The lowest BCUT2D eigenvalue weighted by Crippen LogP contribution is -2.26.